The lowest BCUT2D eigenvalue weighted by atomic mass is 10.0. The standard InChI is InChI=1S/C16H20N4O3/c1-4-13-15(16(23)17-9-14(21)22)18-19-20(13)12-7-5-11(6-8-12)10(2)3/h5-8,10H,4,9H2,1-3H3,(H,17,23)(H,21,22). The van der Waals surface area contributed by atoms with Gasteiger partial charge in [-0.05, 0) is 30.0 Å². The van der Waals surface area contributed by atoms with Gasteiger partial charge in [0.05, 0.1) is 11.4 Å². The third-order valence-electron chi connectivity index (χ3n) is 3.52. The fourth-order valence-electron chi connectivity index (χ4n) is 2.24. The van der Waals surface area contributed by atoms with Crippen molar-refractivity contribution < 1.29 is 14.7 Å². The van der Waals surface area contributed by atoms with Gasteiger partial charge < -0.3 is 10.4 Å². The van der Waals surface area contributed by atoms with Gasteiger partial charge in [0.25, 0.3) is 5.91 Å². The Hall–Kier alpha value is -2.70. The molecule has 2 N–H and O–H groups in total. The Morgan fingerprint density at radius 3 is 2.43 bits per heavy atom. The second-order valence-corrected chi connectivity index (χ2v) is 5.47. The van der Waals surface area contributed by atoms with Crippen LogP contribution in [0.25, 0.3) is 5.69 Å². The molecule has 23 heavy (non-hydrogen) atoms. The summed E-state index contributed by atoms with van der Waals surface area (Å²) in [5, 5.41) is 18.9. The first-order valence-corrected chi connectivity index (χ1v) is 7.49. The smallest absolute Gasteiger partial charge is 0.322 e. The number of aromatic nitrogens is 3. The molecule has 7 nitrogen and oxygen atoms in total. The first kappa shape index (κ1) is 16.7. The zero-order valence-corrected chi connectivity index (χ0v) is 13.4. The van der Waals surface area contributed by atoms with Gasteiger partial charge >= 0.3 is 5.97 Å². The Morgan fingerprint density at radius 1 is 1.26 bits per heavy atom. The highest BCUT2D eigenvalue weighted by molar-refractivity contribution is 5.95. The molecule has 0 bridgehead atoms. The number of carboxylic acids is 1. The van der Waals surface area contributed by atoms with Crippen molar-refractivity contribution in [2.24, 2.45) is 0 Å². The second kappa shape index (κ2) is 7.04. The average molecular weight is 316 g/mol. The molecule has 0 fully saturated rings. The molecule has 0 saturated carbocycles. The maximum Gasteiger partial charge on any atom is 0.322 e. The molecular weight excluding hydrogens is 296 g/mol. The molecule has 122 valence electrons. The number of nitrogens with one attached hydrogen (secondary N) is 1. The quantitative estimate of drug-likeness (QED) is 0.846. The number of aliphatic carboxylic acids is 1. The third kappa shape index (κ3) is 3.74. The van der Waals surface area contributed by atoms with Crippen LogP contribution in [-0.4, -0.2) is 38.5 Å². The largest absolute Gasteiger partial charge is 0.480 e. The zero-order chi connectivity index (χ0) is 17.0. The van der Waals surface area contributed by atoms with Crippen molar-refractivity contribution >= 4 is 11.9 Å². The van der Waals surface area contributed by atoms with Gasteiger partial charge in [0.15, 0.2) is 5.69 Å². The van der Waals surface area contributed by atoms with Crippen LogP contribution in [0, 0.1) is 0 Å². The Morgan fingerprint density at radius 2 is 1.91 bits per heavy atom. The predicted molar refractivity (Wildman–Crippen MR) is 84.8 cm³/mol. The van der Waals surface area contributed by atoms with Crippen LogP contribution in [0.1, 0.15) is 48.4 Å². The summed E-state index contributed by atoms with van der Waals surface area (Å²) >= 11 is 0. The highest BCUT2D eigenvalue weighted by Gasteiger charge is 2.19. The summed E-state index contributed by atoms with van der Waals surface area (Å²) in [7, 11) is 0. The SMILES string of the molecule is CCc1c(C(=O)NCC(=O)O)nnn1-c1ccc(C(C)C)cc1. The minimum atomic E-state index is -1.10. The van der Waals surface area contributed by atoms with E-state index < -0.39 is 18.4 Å². The molecule has 0 atom stereocenters. The van der Waals surface area contributed by atoms with E-state index in [1.807, 2.05) is 31.2 Å². The Bertz CT molecular complexity index is 705. The normalized spacial score (nSPS) is 10.8. The Balaban J connectivity index is 2.30. The first-order valence-electron chi connectivity index (χ1n) is 7.49. The van der Waals surface area contributed by atoms with Crippen molar-refractivity contribution in [2.45, 2.75) is 33.1 Å². The summed E-state index contributed by atoms with van der Waals surface area (Å²) in [6.07, 6.45) is 0.550. The molecular formula is C16H20N4O3. The second-order valence-electron chi connectivity index (χ2n) is 5.47. The maximum absolute atomic E-state index is 12.0. The lowest BCUT2D eigenvalue weighted by molar-refractivity contribution is -0.135. The zero-order valence-electron chi connectivity index (χ0n) is 13.4. The van der Waals surface area contributed by atoms with E-state index in [2.05, 4.69) is 29.5 Å². The Labute approximate surface area is 134 Å². The molecule has 0 aliphatic rings. The van der Waals surface area contributed by atoms with Crippen LogP contribution in [0.2, 0.25) is 0 Å². The number of hydrogen-bond donors (Lipinski definition) is 2. The number of benzene rings is 1. The molecule has 7 heteroatoms. The number of carbonyl (C=O) groups is 2. The number of carbonyl (C=O) groups excluding carboxylic acids is 1. The summed E-state index contributed by atoms with van der Waals surface area (Å²) in [6, 6.07) is 7.90. The number of nitrogens with zero attached hydrogens (tertiary/aromatic N) is 3. The van der Waals surface area contributed by atoms with Crippen molar-refractivity contribution in [2.75, 3.05) is 6.54 Å². The van der Waals surface area contributed by atoms with Crippen LogP contribution in [0.3, 0.4) is 0 Å². The minimum Gasteiger partial charge on any atom is -0.480 e. The van der Waals surface area contributed by atoms with Gasteiger partial charge in [0, 0.05) is 0 Å². The van der Waals surface area contributed by atoms with Gasteiger partial charge in [-0.2, -0.15) is 0 Å². The van der Waals surface area contributed by atoms with E-state index in [4.69, 9.17) is 5.11 Å². The lowest BCUT2D eigenvalue weighted by Gasteiger charge is -2.09. The van der Waals surface area contributed by atoms with Crippen molar-refractivity contribution in [3.63, 3.8) is 0 Å². The molecule has 2 aromatic rings. The number of hydrogen-bond acceptors (Lipinski definition) is 4. The summed E-state index contributed by atoms with van der Waals surface area (Å²) in [5.74, 6) is -1.20. The third-order valence-corrected chi connectivity index (χ3v) is 3.52. The molecule has 2 rings (SSSR count). The number of rotatable bonds is 6. The average Bonchev–Trinajstić information content (AvgIpc) is 2.96. The van der Waals surface area contributed by atoms with E-state index in [0.29, 0.717) is 18.0 Å². The topological polar surface area (TPSA) is 97.1 Å². The highest BCUT2D eigenvalue weighted by Crippen LogP contribution is 2.18. The van der Waals surface area contributed by atoms with Gasteiger partial charge in [-0.25, -0.2) is 4.68 Å². The van der Waals surface area contributed by atoms with Crippen molar-refractivity contribution in [1.29, 1.82) is 0 Å². The van der Waals surface area contributed by atoms with Gasteiger partial charge in [0.1, 0.15) is 6.54 Å². The summed E-state index contributed by atoms with van der Waals surface area (Å²) in [6.45, 7) is 5.68. The molecule has 1 aromatic carbocycles. The van der Waals surface area contributed by atoms with Crippen molar-refractivity contribution in [3.8, 4) is 5.69 Å². The monoisotopic (exact) mass is 316 g/mol. The minimum absolute atomic E-state index is 0.154. The van der Waals surface area contributed by atoms with E-state index in [-0.39, 0.29) is 5.69 Å². The fraction of sp³-hybridized carbons (Fsp3) is 0.375. The molecule has 0 aliphatic heterocycles. The van der Waals surface area contributed by atoms with Crippen molar-refractivity contribution in [3.05, 3.63) is 41.2 Å². The van der Waals surface area contributed by atoms with E-state index in [1.165, 1.54) is 5.56 Å². The van der Waals surface area contributed by atoms with Crippen molar-refractivity contribution in [1.82, 2.24) is 20.3 Å². The highest BCUT2D eigenvalue weighted by atomic mass is 16.4. The van der Waals surface area contributed by atoms with Gasteiger partial charge in [-0.1, -0.05) is 38.1 Å². The van der Waals surface area contributed by atoms with Crippen LogP contribution in [0.5, 0.6) is 0 Å². The summed E-state index contributed by atoms with van der Waals surface area (Å²) in [4.78, 5) is 22.6. The van der Waals surface area contributed by atoms with E-state index in [1.54, 1.807) is 4.68 Å². The molecule has 0 unspecified atom stereocenters. The van der Waals surface area contributed by atoms with Crippen LogP contribution in [0.4, 0.5) is 0 Å². The lowest BCUT2D eigenvalue weighted by Crippen LogP contribution is -2.30. The molecule has 0 aliphatic carbocycles. The van der Waals surface area contributed by atoms with Crippen LogP contribution < -0.4 is 5.32 Å². The van der Waals surface area contributed by atoms with Gasteiger partial charge in [0.2, 0.25) is 0 Å². The van der Waals surface area contributed by atoms with Gasteiger partial charge in [-0.15, -0.1) is 5.10 Å². The number of amides is 1. The van der Waals surface area contributed by atoms with Gasteiger partial charge in [-0.3, -0.25) is 9.59 Å². The molecule has 0 radical (unpaired) electrons. The van der Waals surface area contributed by atoms with Crippen LogP contribution in [-0.2, 0) is 11.2 Å². The van der Waals surface area contributed by atoms with E-state index in [0.717, 1.165) is 5.69 Å². The van der Waals surface area contributed by atoms with E-state index in [9.17, 15) is 9.59 Å². The molecule has 0 saturated heterocycles. The van der Waals surface area contributed by atoms with Crippen LogP contribution >= 0.6 is 0 Å². The summed E-state index contributed by atoms with van der Waals surface area (Å²) < 4.78 is 1.61. The Kier molecular flexibility index (Phi) is 5.10. The van der Waals surface area contributed by atoms with E-state index >= 15 is 0 Å². The molecule has 1 aromatic heterocycles. The summed E-state index contributed by atoms with van der Waals surface area (Å²) in [5.41, 5.74) is 2.83. The number of carboxylic acid groups (broad SMARTS) is 1. The maximum atomic E-state index is 12.0. The fourth-order valence-corrected chi connectivity index (χ4v) is 2.24. The molecule has 0 spiro atoms. The first-order chi connectivity index (χ1) is 10.9. The van der Waals surface area contributed by atoms with Crippen LogP contribution in [0.15, 0.2) is 24.3 Å². The molecule has 1 amide bonds. The predicted octanol–water partition coefficient (Wildman–Crippen LogP) is 1.77. The molecule has 1 heterocycles.